The number of aliphatic hydroxyl groups is 1. The number of carbonyl (C=O) groups excluding carboxylic acids is 3. The fourth-order valence-corrected chi connectivity index (χ4v) is 7.19. The molecule has 5 aromatic carbocycles. The van der Waals surface area contributed by atoms with Crippen LogP contribution in [0.5, 0.6) is 0 Å². The van der Waals surface area contributed by atoms with Crippen molar-refractivity contribution in [3.05, 3.63) is 166 Å². The van der Waals surface area contributed by atoms with Gasteiger partial charge in [-0.25, -0.2) is 14.4 Å². The highest BCUT2D eigenvalue weighted by Crippen LogP contribution is 2.48. The first kappa shape index (κ1) is 33.9. The summed E-state index contributed by atoms with van der Waals surface area (Å²) in [5, 5.41) is 21.9. The summed E-state index contributed by atoms with van der Waals surface area (Å²) in [6.45, 7) is -0.0915. The molecule has 2 aliphatic heterocycles. The van der Waals surface area contributed by atoms with Gasteiger partial charge in [0.25, 0.3) is 5.91 Å². The molecular weight excluding hydrogens is 671 g/mol. The number of carbonyl (C=O) groups is 4. The van der Waals surface area contributed by atoms with Gasteiger partial charge in [-0.05, 0) is 71.3 Å². The van der Waals surface area contributed by atoms with Crippen molar-refractivity contribution in [2.24, 2.45) is 0 Å². The maximum atomic E-state index is 13.2. The third-order valence-corrected chi connectivity index (χ3v) is 9.91. The van der Waals surface area contributed by atoms with Crippen molar-refractivity contribution in [3.8, 4) is 0 Å². The summed E-state index contributed by atoms with van der Waals surface area (Å²) < 4.78 is 18.2. The summed E-state index contributed by atoms with van der Waals surface area (Å²) in [5.41, 5.74) is 4.34. The molecule has 1 amide bonds. The second-order valence-electron chi connectivity index (χ2n) is 12.1. The fourth-order valence-electron chi connectivity index (χ4n) is 6.22. The summed E-state index contributed by atoms with van der Waals surface area (Å²) in [6.07, 6.45) is -1.69. The number of esters is 2. The maximum absolute atomic E-state index is 13.2. The van der Waals surface area contributed by atoms with Crippen molar-refractivity contribution < 1.29 is 43.6 Å². The molecule has 5 aromatic rings. The van der Waals surface area contributed by atoms with E-state index in [0.717, 1.165) is 21.6 Å². The number of aliphatic hydroxyl groups excluding tert-OH is 1. The van der Waals surface area contributed by atoms with Crippen LogP contribution in [0.4, 0.5) is 5.69 Å². The lowest BCUT2D eigenvalue weighted by atomic mass is 9.84. The van der Waals surface area contributed by atoms with Crippen LogP contribution in [0.15, 0.2) is 126 Å². The van der Waals surface area contributed by atoms with Crippen molar-refractivity contribution in [3.63, 3.8) is 0 Å². The van der Waals surface area contributed by atoms with Crippen LogP contribution in [0.25, 0.3) is 0 Å². The Morgan fingerprint density at radius 2 is 1.41 bits per heavy atom. The van der Waals surface area contributed by atoms with Gasteiger partial charge in [0, 0.05) is 33.4 Å². The lowest BCUT2D eigenvalue weighted by molar-refractivity contribution is -0.255. The molecule has 0 radical (unpaired) electrons. The molecule has 4 atom stereocenters. The molecule has 11 heteroatoms. The van der Waals surface area contributed by atoms with E-state index in [2.05, 4.69) is 10.1 Å². The van der Waals surface area contributed by atoms with Gasteiger partial charge < -0.3 is 29.7 Å². The molecule has 256 valence electrons. The van der Waals surface area contributed by atoms with Gasteiger partial charge in [-0.3, -0.25) is 4.79 Å². The van der Waals surface area contributed by atoms with Crippen LogP contribution in [-0.2, 0) is 20.8 Å². The number of carboxylic acids is 1. The number of cyclic esters (lactones) is 2. The summed E-state index contributed by atoms with van der Waals surface area (Å²) in [6, 6.07) is 35.6. The molecule has 0 saturated carbocycles. The predicted octanol–water partition coefficient (Wildman–Crippen LogP) is 7.17. The molecule has 7 rings (SSSR count). The van der Waals surface area contributed by atoms with Crippen LogP contribution < -0.4 is 5.32 Å². The minimum atomic E-state index is -0.992. The first-order valence-corrected chi connectivity index (χ1v) is 17.1. The molecule has 2 aliphatic rings. The number of hydrogen-bond donors (Lipinski definition) is 3. The number of amides is 1. The number of fused-ring (bicyclic) bond motifs is 1. The maximum Gasteiger partial charge on any atom is 0.346 e. The van der Waals surface area contributed by atoms with Crippen molar-refractivity contribution >= 4 is 41.3 Å². The molecule has 3 N–H and O–H groups in total. The van der Waals surface area contributed by atoms with E-state index in [9.17, 15) is 29.4 Å². The van der Waals surface area contributed by atoms with Crippen molar-refractivity contribution in [1.82, 2.24) is 0 Å². The Morgan fingerprint density at radius 3 is 2.14 bits per heavy atom. The lowest BCUT2D eigenvalue weighted by Gasteiger charge is -2.43. The Kier molecular flexibility index (Phi) is 9.78. The van der Waals surface area contributed by atoms with Gasteiger partial charge in [-0.1, -0.05) is 66.7 Å². The van der Waals surface area contributed by atoms with Crippen LogP contribution in [0.3, 0.4) is 0 Å². The molecule has 1 fully saturated rings. The summed E-state index contributed by atoms with van der Waals surface area (Å²) in [7, 11) is 0. The highest BCUT2D eigenvalue weighted by atomic mass is 32.2. The molecule has 4 unspecified atom stereocenters. The van der Waals surface area contributed by atoms with Gasteiger partial charge in [0.1, 0.15) is 0 Å². The Balaban J connectivity index is 1.19. The van der Waals surface area contributed by atoms with Gasteiger partial charge in [0.05, 0.1) is 35.5 Å². The van der Waals surface area contributed by atoms with Gasteiger partial charge in [0.15, 0.2) is 6.29 Å². The van der Waals surface area contributed by atoms with E-state index in [-0.39, 0.29) is 40.9 Å². The fraction of sp³-hybridized carbons (Fsp3) is 0.150. The number of carboxylic acid groups (broad SMARTS) is 1. The molecule has 0 aliphatic carbocycles. The van der Waals surface area contributed by atoms with E-state index < -0.39 is 36.2 Å². The number of anilines is 1. The monoisotopic (exact) mass is 701 g/mol. The number of thioether (sulfide) groups is 1. The molecular formula is C40H31NO9S. The molecule has 51 heavy (non-hydrogen) atoms. The number of nitrogens with one attached hydrogen (secondary N) is 1. The van der Waals surface area contributed by atoms with Crippen LogP contribution >= 0.6 is 11.8 Å². The van der Waals surface area contributed by atoms with E-state index >= 15 is 0 Å². The third-order valence-electron chi connectivity index (χ3n) is 8.81. The van der Waals surface area contributed by atoms with Crippen LogP contribution in [0, 0.1) is 0 Å². The zero-order valence-electron chi connectivity index (χ0n) is 26.9. The number of aromatic carboxylic acids is 1. The van der Waals surface area contributed by atoms with Crippen molar-refractivity contribution in [2.75, 3.05) is 11.1 Å². The molecule has 10 nitrogen and oxygen atoms in total. The number of rotatable bonds is 10. The van der Waals surface area contributed by atoms with Crippen molar-refractivity contribution in [1.29, 1.82) is 0 Å². The van der Waals surface area contributed by atoms with E-state index in [1.807, 2.05) is 60.7 Å². The van der Waals surface area contributed by atoms with Crippen LogP contribution in [-0.4, -0.2) is 45.9 Å². The number of benzene rings is 5. The third kappa shape index (κ3) is 7.33. The number of hydrogen-bond acceptors (Lipinski definition) is 9. The molecule has 0 spiro atoms. The zero-order chi connectivity index (χ0) is 35.5. The van der Waals surface area contributed by atoms with Crippen molar-refractivity contribution in [2.45, 2.75) is 35.9 Å². The van der Waals surface area contributed by atoms with E-state index in [4.69, 9.17) is 9.47 Å². The average molecular weight is 702 g/mol. The molecule has 0 bridgehead atoms. The van der Waals surface area contributed by atoms with Gasteiger partial charge in [0.2, 0.25) is 0 Å². The predicted molar refractivity (Wildman–Crippen MR) is 188 cm³/mol. The minimum absolute atomic E-state index is 0.0400. The minimum Gasteiger partial charge on any atom is -0.478 e. The normalized spacial score (nSPS) is 19.6. The summed E-state index contributed by atoms with van der Waals surface area (Å²) >= 11 is 1.55. The Bertz CT molecular complexity index is 2100. The van der Waals surface area contributed by atoms with Gasteiger partial charge >= 0.3 is 17.9 Å². The van der Waals surface area contributed by atoms with Crippen LogP contribution in [0.2, 0.25) is 0 Å². The zero-order valence-corrected chi connectivity index (χ0v) is 27.7. The summed E-state index contributed by atoms with van der Waals surface area (Å²) in [4.78, 5) is 49.5. The average Bonchev–Trinajstić information content (AvgIpc) is 3.45. The second kappa shape index (κ2) is 14.7. The highest BCUT2D eigenvalue weighted by molar-refractivity contribution is 7.99. The van der Waals surface area contributed by atoms with Crippen LogP contribution in [0.1, 0.15) is 82.0 Å². The Hall–Kier alpha value is -5.59. The SMILES string of the molecule is O=C(O)c1ccc(SCC2OC(c3cccc(NC(=O)c4ccc5c(c4)C(=O)OC5=O)c3)OC(c3ccc(CO)cc3)C2c2ccccc2)cc1. The first-order chi connectivity index (χ1) is 24.8. The van der Waals surface area contributed by atoms with E-state index in [0.29, 0.717) is 17.0 Å². The first-order valence-electron chi connectivity index (χ1n) is 16.1. The van der Waals surface area contributed by atoms with Gasteiger partial charge in [-0.2, -0.15) is 0 Å². The summed E-state index contributed by atoms with van der Waals surface area (Å²) in [5.74, 6) is -2.74. The molecule has 2 heterocycles. The quantitative estimate of drug-likeness (QED) is 0.0778. The second-order valence-corrected chi connectivity index (χ2v) is 13.2. The number of ether oxygens (including phenoxy) is 3. The Labute approximate surface area is 297 Å². The van der Waals surface area contributed by atoms with E-state index in [1.165, 1.54) is 18.2 Å². The Morgan fingerprint density at radius 1 is 0.706 bits per heavy atom. The topological polar surface area (TPSA) is 148 Å². The molecule has 1 saturated heterocycles. The standard InChI is InChI=1S/C40H31NO9S/c42-21-23-9-11-25(12-10-23)35-34(24-5-2-1-3-6-24)33(22-51-30-16-13-26(14-17-30)37(44)45)48-40(49-35)28-7-4-8-29(19-28)41-36(43)27-15-18-31-32(20-27)39(47)50-38(31)46/h1-20,33-35,40,42H,21-22H2,(H,41,43)(H,44,45). The molecule has 0 aromatic heterocycles. The largest absolute Gasteiger partial charge is 0.478 e. The van der Waals surface area contributed by atoms with Gasteiger partial charge in [-0.15, -0.1) is 11.8 Å². The van der Waals surface area contributed by atoms with E-state index in [1.54, 1.807) is 54.2 Å². The lowest BCUT2D eigenvalue weighted by Crippen LogP contribution is -2.38. The highest BCUT2D eigenvalue weighted by Gasteiger charge is 2.42. The smallest absolute Gasteiger partial charge is 0.346 e.